The maximum absolute atomic E-state index is 11.6. The van der Waals surface area contributed by atoms with Crippen molar-refractivity contribution in [1.29, 1.82) is 0 Å². The fourth-order valence-electron chi connectivity index (χ4n) is 3.00. The first kappa shape index (κ1) is 18.9. The SMILES string of the molecule is CCCN(Cc1cccc(C(=O)OC)c1)C1CCNCC1.Cl. The maximum atomic E-state index is 11.6. The van der Waals surface area contributed by atoms with Crippen molar-refractivity contribution >= 4 is 18.4 Å². The van der Waals surface area contributed by atoms with Crippen molar-refractivity contribution in [2.45, 2.75) is 38.8 Å². The number of hydrogen-bond donors (Lipinski definition) is 1. The molecule has 0 atom stereocenters. The Morgan fingerprint density at radius 2 is 2.09 bits per heavy atom. The third kappa shape index (κ3) is 5.27. The molecule has 22 heavy (non-hydrogen) atoms. The van der Waals surface area contributed by atoms with E-state index in [0.717, 1.165) is 32.6 Å². The van der Waals surface area contributed by atoms with Crippen LogP contribution in [0, 0.1) is 0 Å². The number of ether oxygens (including phenoxy) is 1. The van der Waals surface area contributed by atoms with Gasteiger partial charge in [-0.1, -0.05) is 19.1 Å². The van der Waals surface area contributed by atoms with Crippen LogP contribution in [-0.4, -0.2) is 43.7 Å². The summed E-state index contributed by atoms with van der Waals surface area (Å²) in [5.41, 5.74) is 1.82. The zero-order valence-electron chi connectivity index (χ0n) is 13.5. The molecule has 1 aromatic rings. The average Bonchev–Trinajstić information content (AvgIpc) is 2.55. The second-order valence-electron chi connectivity index (χ2n) is 5.64. The number of hydrogen-bond acceptors (Lipinski definition) is 4. The van der Waals surface area contributed by atoms with Gasteiger partial charge < -0.3 is 10.1 Å². The summed E-state index contributed by atoms with van der Waals surface area (Å²) in [6, 6.07) is 8.44. The van der Waals surface area contributed by atoms with Crippen LogP contribution in [0.5, 0.6) is 0 Å². The molecule has 1 aliphatic rings. The summed E-state index contributed by atoms with van der Waals surface area (Å²) in [6.07, 6.45) is 3.56. The van der Waals surface area contributed by atoms with Crippen LogP contribution in [-0.2, 0) is 11.3 Å². The predicted molar refractivity (Wildman–Crippen MR) is 91.6 cm³/mol. The molecule has 1 saturated heterocycles. The van der Waals surface area contributed by atoms with E-state index in [1.165, 1.54) is 25.5 Å². The van der Waals surface area contributed by atoms with Gasteiger partial charge in [0.15, 0.2) is 0 Å². The zero-order valence-corrected chi connectivity index (χ0v) is 14.3. The number of halogens is 1. The van der Waals surface area contributed by atoms with Gasteiger partial charge in [-0.25, -0.2) is 4.79 Å². The Kier molecular flexibility index (Phi) is 8.46. The van der Waals surface area contributed by atoms with Crippen LogP contribution in [0.25, 0.3) is 0 Å². The fourth-order valence-corrected chi connectivity index (χ4v) is 3.00. The Labute approximate surface area is 139 Å². The van der Waals surface area contributed by atoms with Gasteiger partial charge in [0.25, 0.3) is 0 Å². The summed E-state index contributed by atoms with van der Waals surface area (Å²) in [7, 11) is 1.42. The van der Waals surface area contributed by atoms with Gasteiger partial charge in [0.1, 0.15) is 0 Å². The Morgan fingerprint density at radius 1 is 1.36 bits per heavy atom. The summed E-state index contributed by atoms with van der Waals surface area (Å²) < 4.78 is 4.80. The summed E-state index contributed by atoms with van der Waals surface area (Å²) in [4.78, 5) is 14.2. The molecular weight excluding hydrogens is 300 g/mol. The summed E-state index contributed by atoms with van der Waals surface area (Å²) in [6.45, 7) is 6.44. The van der Waals surface area contributed by atoms with Crippen LogP contribution in [0.1, 0.15) is 42.1 Å². The van der Waals surface area contributed by atoms with Gasteiger partial charge in [0.05, 0.1) is 12.7 Å². The fraction of sp³-hybridized carbons (Fsp3) is 0.588. The number of rotatable bonds is 6. The molecule has 2 rings (SSSR count). The third-order valence-electron chi connectivity index (χ3n) is 4.07. The maximum Gasteiger partial charge on any atom is 0.337 e. The molecule has 1 fully saturated rings. The highest BCUT2D eigenvalue weighted by atomic mass is 35.5. The molecule has 0 amide bonds. The molecular formula is C17H27ClN2O2. The van der Waals surface area contributed by atoms with Gasteiger partial charge in [-0.05, 0) is 56.6 Å². The Balaban J connectivity index is 0.00000242. The second kappa shape index (κ2) is 9.82. The van der Waals surface area contributed by atoms with Gasteiger partial charge in [0.2, 0.25) is 0 Å². The minimum atomic E-state index is -0.263. The van der Waals surface area contributed by atoms with Crippen LogP contribution in [0.3, 0.4) is 0 Å². The molecule has 0 radical (unpaired) electrons. The number of carbonyl (C=O) groups is 1. The predicted octanol–water partition coefficient (Wildman–Crippen LogP) is 2.86. The highest BCUT2D eigenvalue weighted by Gasteiger charge is 2.20. The molecule has 1 aliphatic heterocycles. The number of carbonyl (C=O) groups excluding carboxylic acids is 1. The number of nitrogens with one attached hydrogen (secondary N) is 1. The van der Waals surface area contributed by atoms with Gasteiger partial charge >= 0.3 is 5.97 Å². The van der Waals surface area contributed by atoms with Crippen LogP contribution in [0.2, 0.25) is 0 Å². The number of piperidine rings is 1. The van der Waals surface area contributed by atoms with Crippen molar-refractivity contribution in [2.24, 2.45) is 0 Å². The normalized spacial score (nSPS) is 15.4. The smallest absolute Gasteiger partial charge is 0.337 e. The molecule has 0 unspecified atom stereocenters. The van der Waals surface area contributed by atoms with E-state index < -0.39 is 0 Å². The summed E-state index contributed by atoms with van der Waals surface area (Å²) in [5.74, 6) is -0.263. The molecule has 124 valence electrons. The summed E-state index contributed by atoms with van der Waals surface area (Å²) >= 11 is 0. The minimum absolute atomic E-state index is 0. The molecule has 0 spiro atoms. The van der Waals surface area contributed by atoms with Crippen LogP contribution >= 0.6 is 12.4 Å². The Bertz CT molecular complexity index is 462. The quantitative estimate of drug-likeness (QED) is 0.816. The standard InChI is InChI=1S/C17H26N2O2.ClH/c1-3-11-19(16-7-9-18-10-8-16)13-14-5-4-6-15(12-14)17(20)21-2;/h4-6,12,16,18H,3,7-11,13H2,1-2H3;1H. The van der Waals surface area contributed by atoms with Crippen molar-refractivity contribution < 1.29 is 9.53 Å². The van der Waals surface area contributed by atoms with E-state index >= 15 is 0 Å². The van der Waals surface area contributed by atoms with E-state index in [2.05, 4.69) is 23.2 Å². The van der Waals surface area contributed by atoms with Crippen LogP contribution in [0.15, 0.2) is 24.3 Å². The second-order valence-corrected chi connectivity index (χ2v) is 5.64. The van der Waals surface area contributed by atoms with Crippen molar-refractivity contribution in [3.63, 3.8) is 0 Å². The molecule has 4 nitrogen and oxygen atoms in total. The molecule has 1 N–H and O–H groups in total. The first-order chi connectivity index (χ1) is 10.2. The summed E-state index contributed by atoms with van der Waals surface area (Å²) in [5, 5.41) is 3.42. The van der Waals surface area contributed by atoms with Crippen LogP contribution in [0.4, 0.5) is 0 Å². The van der Waals surface area contributed by atoms with Crippen molar-refractivity contribution in [1.82, 2.24) is 10.2 Å². The van der Waals surface area contributed by atoms with Gasteiger partial charge in [-0.2, -0.15) is 0 Å². The molecule has 5 heteroatoms. The number of nitrogens with zero attached hydrogens (tertiary/aromatic N) is 1. The van der Waals surface area contributed by atoms with E-state index in [1.807, 2.05) is 18.2 Å². The molecule has 0 aliphatic carbocycles. The largest absolute Gasteiger partial charge is 0.465 e. The van der Waals surface area contributed by atoms with Gasteiger partial charge in [0, 0.05) is 12.6 Å². The minimum Gasteiger partial charge on any atom is -0.465 e. The monoisotopic (exact) mass is 326 g/mol. The first-order valence-electron chi connectivity index (χ1n) is 7.86. The van der Waals surface area contributed by atoms with Gasteiger partial charge in [-0.15, -0.1) is 12.4 Å². The highest BCUT2D eigenvalue weighted by Crippen LogP contribution is 2.17. The topological polar surface area (TPSA) is 41.6 Å². The Morgan fingerprint density at radius 3 is 2.73 bits per heavy atom. The molecule has 0 saturated carbocycles. The van der Waals surface area contributed by atoms with Crippen molar-refractivity contribution in [3.8, 4) is 0 Å². The van der Waals surface area contributed by atoms with E-state index in [0.29, 0.717) is 11.6 Å². The molecule has 0 aromatic heterocycles. The number of methoxy groups -OCH3 is 1. The van der Waals surface area contributed by atoms with Crippen molar-refractivity contribution in [2.75, 3.05) is 26.7 Å². The third-order valence-corrected chi connectivity index (χ3v) is 4.07. The number of benzene rings is 1. The highest BCUT2D eigenvalue weighted by molar-refractivity contribution is 5.89. The molecule has 0 bridgehead atoms. The average molecular weight is 327 g/mol. The Hall–Kier alpha value is -1.10. The number of esters is 1. The zero-order chi connectivity index (χ0) is 15.1. The van der Waals surface area contributed by atoms with E-state index in [9.17, 15) is 4.79 Å². The first-order valence-corrected chi connectivity index (χ1v) is 7.86. The lowest BCUT2D eigenvalue weighted by molar-refractivity contribution is 0.0600. The van der Waals surface area contributed by atoms with E-state index in [-0.39, 0.29) is 18.4 Å². The van der Waals surface area contributed by atoms with Gasteiger partial charge in [-0.3, -0.25) is 4.90 Å². The van der Waals surface area contributed by atoms with Crippen LogP contribution < -0.4 is 5.32 Å². The van der Waals surface area contributed by atoms with Crippen molar-refractivity contribution in [3.05, 3.63) is 35.4 Å². The molecule has 1 aromatic carbocycles. The lowest BCUT2D eigenvalue weighted by Crippen LogP contribution is -2.43. The molecule has 1 heterocycles. The van der Waals surface area contributed by atoms with E-state index in [1.54, 1.807) is 0 Å². The lowest BCUT2D eigenvalue weighted by atomic mass is 10.0. The lowest BCUT2D eigenvalue weighted by Gasteiger charge is -2.34. The van der Waals surface area contributed by atoms with E-state index in [4.69, 9.17) is 4.74 Å².